The van der Waals surface area contributed by atoms with E-state index < -0.39 is 0 Å². The Hall–Kier alpha value is -2.04. The molecule has 0 saturated carbocycles. The van der Waals surface area contributed by atoms with Gasteiger partial charge in [0.25, 0.3) is 0 Å². The molecule has 0 radical (unpaired) electrons. The fourth-order valence-electron chi connectivity index (χ4n) is 2.02. The fraction of sp³-hybridized carbons (Fsp3) is 0. The molecule has 0 saturated heterocycles. The third-order valence-electron chi connectivity index (χ3n) is 3.32. The summed E-state index contributed by atoms with van der Waals surface area (Å²) in [5, 5.41) is 0. The minimum Gasteiger partial charge on any atom is -0.256 e. The number of hydrogen-bond donors (Lipinski definition) is 0. The van der Waals surface area contributed by atoms with Gasteiger partial charge in [0, 0.05) is 21.4 Å². The fourth-order valence-corrected chi connectivity index (χ4v) is 2.55. The quantitative estimate of drug-likeness (QED) is 0.402. The molecule has 0 aliphatic carbocycles. The molecule has 0 N–H and O–H groups in total. The van der Waals surface area contributed by atoms with Crippen LogP contribution in [0.1, 0.15) is 11.1 Å². The summed E-state index contributed by atoms with van der Waals surface area (Å²) in [5.74, 6) is 0. The molecule has 3 rings (SSSR count). The number of benzene rings is 3. The average Bonchev–Trinajstić information content (AvgIpc) is 2.62. The van der Waals surface area contributed by atoms with Gasteiger partial charge in [0.1, 0.15) is 0 Å². The molecular weight excluding hydrogens is 428 g/mol. The lowest BCUT2D eigenvalue weighted by Crippen LogP contribution is -1.80. The van der Waals surface area contributed by atoms with Crippen molar-refractivity contribution in [2.45, 2.75) is 0 Å². The number of nitrogens with zero attached hydrogens (tertiary/aromatic N) is 2. The second-order valence-electron chi connectivity index (χ2n) is 5.14. The third kappa shape index (κ3) is 4.98. The van der Waals surface area contributed by atoms with Crippen molar-refractivity contribution in [2.24, 2.45) is 9.98 Å². The predicted molar refractivity (Wildman–Crippen MR) is 109 cm³/mol. The summed E-state index contributed by atoms with van der Waals surface area (Å²) in [6, 6.07) is 23.9. The van der Waals surface area contributed by atoms with E-state index in [1.807, 2.05) is 85.2 Å². The smallest absolute Gasteiger partial charge is 0.0631 e. The Morgan fingerprint density at radius 3 is 1.17 bits per heavy atom. The van der Waals surface area contributed by atoms with Crippen LogP contribution >= 0.6 is 31.9 Å². The Kier molecular flexibility index (Phi) is 5.72. The molecule has 0 heterocycles. The number of halogens is 2. The summed E-state index contributed by atoms with van der Waals surface area (Å²) in [6.07, 6.45) is 3.71. The summed E-state index contributed by atoms with van der Waals surface area (Å²) in [7, 11) is 0. The van der Waals surface area contributed by atoms with Crippen LogP contribution in [0, 0.1) is 0 Å². The summed E-state index contributed by atoms with van der Waals surface area (Å²) >= 11 is 6.85. The van der Waals surface area contributed by atoms with Gasteiger partial charge in [0.2, 0.25) is 0 Å². The van der Waals surface area contributed by atoms with Gasteiger partial charge in [-0.25, -0.2) is 0 Å². The molecule has 0 aliphatic heterocycles. The van der Waals surface area contributed by atoms with Gasteiger partial charge in [-0.2, -0.15) is 0 Å². The van der Waals surface area contributed by atoms with Crippen LogP contribution in [0.25, 0.3) is 0 Å². The lowest BCUT2D eigenvalue weighted by molar-refractivity contribution is 1.48. The molecular formula is C20H14Br2N2. The summed E-state index contributed by atoms with van der Waals surface area (Å²) in [6.45, 7) is 0. The Bertz CT molecular complexity index is 775. The molecule has 4 heteroatoms. The molecule has 0 bridgehead atoms. The van der Waals surface area contributed by atoms with Crippen LogP contribution in [0.2, 0.25) is 0 Å². The monoisotopic (exact) mass is 440 g/mol. The summed E-state index contributed by atoms with van der Waals surface area (Å²) in [4.78, 5) is 8.96. The maximum Gasteiger partial charge on any atom is 0.0631 e. The zero-order valence-corrected chi connectivity index (χ0v) is 15.9. The Balaban J connectivity index is 1.66. The predicted octanol–water partition coefficient (Wildman–Crippen LogP) is 6.71. The molecule has 0 atom stereocenters. The van der Waals surface area contributed by atoms with Crippen molar-refractivity contribution in [2.75, 3.05) is 0 Å². The van der Waals surface area contributed by atoms with Crippen molar-refractivity contribution in [3.63, 3.8) is 0 Å². The van der Waals surface area contributed by atoms with Gasteiger partial charge in [-0.1, -0.05) is 56.1 Å². The Labute approximate surface area is 158 Å². The van der Waals surface area contributed by atoms with Crippen LogP contribution in [0.4, 0.5) is 11.4 Å². The highest BCUT2D eigenvalue weighted by molar-refractivity contribution is 9.10. The van der Waals surface area contributed by atoms with Gasteiger partial charge >= 0.3 is 0 Å². The van der Waals surface area contributed by atoms with Crippen LogP contribution in [0.15, 0.2) is 91.7 Å². The van der Waals surface area contributed by atoms with Crippen molar-refractivity contribution in [1.82, 2.24) is 0 Å². The largest absolute Gasteiger partial charge is 0.256 e. The highest BCUT2D eigenvalue weighted by Crippen LogP contribution is 2.19. The van der Waals surface area contributed by atoms with Crippen LogP contribution in [0.3, 0.4) is 0 Å². The SMILES string of the molecule is Brc1ccc(/C=N/c2ccc(/N=C/c3ccc(Br)cc3)cc2)cc1. The highest BCUT2D eigenvalue weighted by Gasteiger charge is 1.93. The average molecular weight is 442 g/mol. The van der Waals surface area contributed by atoms with Crippen molar-refractivity contribution >= 4 is 55.7 Å². The first kappa shape index (κ1) is 16.8. The van der Waals surface area contributed by atoms with Crippen molar-refractivity contribution in [1.29, 1.82) is 0 Å². The van der Waals surface area contributed by atoms with Crippen LogP contribution in [0.5, 0.6) is 0 Å². The molecule has 0 aromatic heterocycles. The standard InChI is InChI=1S/C20H14Br2N2/c21-17-5-1-15(2-6-17)13-23-19-9-11-20(12-10-19)24-14-16-3-7-18(22)8-4-16/h1-14H/b23-13+,24-14+. The van der Waals surface area contributed by atoms with Gasteiger partial charge in [0.15, 0.2) is 0 Å². The van der Waals surface area contributed by atoms with Crippen LogP contribution in [-0.2, 0) is 0 Å². The van der Waals surface area contributed by atoms with E-state index in [1.165, 1.54) is 0 Å². The van der Waals surface area contributed by atoms with Gasteiger partial charge in [-0.05, 0) is 59.7 Å². The van der Waals surface area contributed by atoms with Gasteiger partial charge in [-0.15, -0.1) is 0 Å². The van der Waals surface area contributed by atoms with Gasteiger partial charge < -0.3 is 0 Å². The van der Waals surface area contributed by atoms with E-state index in [9.17, 15) is 0 Å². The van der Waals surface area contributed by atoms with E-state index >= 15 is 0 Å². The normalized spacial score (nSPS) is 11.4. The first-order valence-corrected chi connectivity index (χ1v) is 8.97. The number of aliphatic imine (C=N–C) groups is 2. The van der Waals surface area contributed by atoms with E-state index in [0.29, 0.717) is 0 Å². The molecule has 3 aromatic carbocycles. The lowest BCUT2D eigenvalue weighted by atomic mass is 10.2. The molecule has 0 spiro atoms. The molecule has 0 fully saturated rings. The molecule has 24 heavy (non-hydrogen) atoms. The second kappa shape index (κ2) is 8.18. The van der Waals surface area contributed by atoms with E-state index in [0.717, 1.165) is 31.4 Å². The maximum absolute atomic E-state index is 4.48. The Morgan fingerprint density at radius 1 is 0.500 bits per heavy atom. The second-order valence-corrected chi connectivity index (χ2v) is 6.97. The lowest BCUT2D eigenvalue weighted by Gasteiger charge is -1.97. The van der Waals surface area contributed by atoms with Crippen LogP contribution < -0.4 is 0 Å². The Morgan fingerprint density at radius 2 is 0.833 bits per heavy atom. The van der Waals surface area contributed by atoms with Crippen molar-refractivity contribution in [3.05, 3.63) is 92.9 Å². The minimum absolute atomic E-state index is 0.903. The minimum atomic E-state index is 0.903. The summed E-state index contributed by atoms with van der Waals surface area (Å²) < 4.78 is 2.13. The molecule has 118 valence electrons. The van der Waals surface area contributed by atoms with Crippen molar-refractivity contribution < 1.29 is 0 Å². The van der Waals surface area contributed by atoms with E-state index in [-0.39, 0.29) is 0 Å². The van der Waals surface area contributed by atoms with Gasteiger partial charge in [-0.3, -0.25) is 9.98 Å². The van der Waals surface area contributed by atoms with Crippen LogP contribution in [-0.4, -0.2) is 12.4 Å². The van der Waals surface area contributed by atoms with E-state index in [2.05, 4.69) is 41.8 Å². The molecule has 3 aromatic rings. The maximum atomic E-state index is 4.48. The summed E-state index contributed by atoms with van der Waals surface area (Å²) in [5.41, 5.74) is 3.94. The number of rotatable bonds is 4. The van der Waals surface area contributed by atoms with E-state index in [1.54, 1.807) is 0 Å². The first-order valence-electron chi connectivity index (χ1n) is 7.38. The first-order chi connectivity index (χ1) is 11.7. The molecule has 0 aliphatic rings. The topological polar surface area (TPSA) is 24.7 Å². The molecule has 0 unspecified atom stereocenters. The highest BCUT2D eigenvalue weighted by atomic mass is 79.9. The van der Waals surface area contributed by atoms with Crippen molar-refractivity contribution in [3.8, 4) is 0 Å². The zero-order chi connectivity index (χ0) is 16.8. The van der Waals surface area contributed by atoms with Gasteiger partial charge in [0.05, 0.1) is 11.4 Å². The molecule has 2 nitrogen and oxygen atoms in total. The van der Waals surface area contributed by atoms with E-state index in [4.69, 9.17) is 0 Å². The number of hydrogen-bond acceptors (Lipinski definition) is 2. The molecule has 0 amide bonds. The zero-order valence-electron chi connectivity index (χ0n) is 12.7. The third-order valence-corrected chi connectivity index (χ3v) is 4.37.